The number of amides is 3. The summed E-state index contributed by atoms with van der Waals surface area (Å²) in [5.41, 5.74) is -0.0891. The van der Waals surface area contributed by atoms with Gasteiger partial charge < -0.3 is 30.2 Å². The summed E-state index contributed by atoms with van der Waals surface area (Å²) in [4.78, 5) is 52.3. The van der Waals surface area contributed by atoms with Crippen molar-refractivity contribution in [3.05, 3.63) is 78.1 Å². The van der Waals surface area contributed by atoms with Crippen molar-refractivity contribution < 1.29 is 33.4 Å². The zero-order chi connectivity index (χ0) is 33.9. The van der Waals surface area contributed by atoms with Crippen molar-refractivity contribution in [1.82, 2.24) is 20.4 Å². The first-order valence-corrected chi connectivity index (χ1v) is 15.2. The van der Waals surface area contributed by atoms with Gasteiger partial charge in [0.25, 0.3) is 0 Å². The maximum absolute atomic E-state index is 13.6. The van der Waals surface area contributed by atoms with Gasteiger partial charge in [-0.1, -0.05) is 42.5 Å². The van der Waals surface area contributed by atoms with E-state index in [2.05, 4.69) is 21.0 Å². The molecular formula is C34H45N5O7. The first-order chi connectivity index (χ1) is 21.7. The molecule has 2 atom stereocenters. The summed E-state index contributed by atoms with van der Waals surface area (Å²) in [7, 11) is 1.55. The van der Waals surface area contributed by atoms with Crippen LogP contribution in [0.25, 0.3) is 0 Å². The Morgan fingerprint density at radius 1 is 0.957 bits per heavy atom. The van der Waals surface area contributed by atoms with Crippen molar-refractivity contribution in [2.24, 2.45) is 0 Å². The molecule has 1 heterocycles. The maximum atomic E-state index is 13.6. The first-order valence-electron chi connectivity index (χ1n) is 15.2. The van der Waals surface area contributed by atoms with E-state index in [1.807, 2.05) is 30.3 Å². The van der Waals surface area contributed by atoms with E-state index in [1.54, 1.807) is 59.1 Å². The second-order valence-corrected chi connectivity index (χ2v) is 12.3. The molecule has 12 heteroatoms. The number of hydrogen-bond acceptors (Lipinski definition) is 8. The maximum Gasteiger partial charge on any atom is 0.408 e. The monoisotopic (exact) mass is 635 g/mol. The third kappa shape index (κ3) is 10.6. The van der Waals surface area contributed by atoms with E-state index in [0.29, 0.717) is 36.3 Å². The van der Waals surface area contributed by atoms with Gasteiger partial charge in [-0.05, 0) is 84.1 Å². The fourth-order valence-corrected chi connectivity index (χ4v) is 4.56. The lowest BCUT2D eigenvalue weighted by Gasteiger charge is -2.29. The zero-order valence-corrected chi connectivity index (χ0v) is 27.6. The van der Waals surface area contributed by atoms with Gasteiger partial charge in [0.1, 0.15) is 22.9 Å². The molecule has 12 nitrogen and oxygen atoms in total. The molecule has 0 spiro atoms. The molecule has 3 aromatic rings. The topological polar surface area (TPSA) is 150 Å². The van der Waals surface area contributed by atoms with E-state index in [9.17, 15) is 19.2 Å². The molecular weight excluding hydrogens is 590 g/mol. The van der Waals surface area contributed by atoms with Crippen LogP contribution in [-0.4, -0.2) is 64.6 Å². The van der Waals surface area contributed by atoms with Crippen LogP contribution in [0.1, 0.15) is 71.6 Å². The van der Waals surface area contributed by atoms with Gasteiger partial charge in [-0.3, -0.25) is 14.3 Å². The molecule has 248 valence electrons. The number of aromatic nitrogens is 2. The number of carbonyl (C=O) groups is 4. The minimum absolute atomic E-state index is 0.180. The number of methoxy groups -OCH3 is 1. The fourth-order valence-electron chi connectivity index (χ4n) is 4.56. The molecule has 0 bridgehead atoms. The first kappa shape index (κ1) is 35.6. The van der Waals surface area contributed by atoms with Gasteiger partial charge >= 0.3 is 12.1 Å². The van der Waals surface area contributed by atoms with Crippen LogP contribution in [0.4, 0.5) is 10.5 Å². The van der Waals surface area contributed by atoms with Gasteiger partial charge in [0.2, 0.25) is 11.8 Å². The highest BCUT2D eigenvalue weighted by Gasteiger charge is 2.34. The molecule has 46 heavy (non-hydrogen) atoms. The third-order valence-electron chi connectivity index (χ3n) is 6.88. The number of benzene rings is 2. The Morgan fingerprint density at radius 3 is 2.24 bits per heavy atom. The van der Waals surface area contributed by atoms with E-state index >= 15 is 0 Å². The normalized spacial score (nSPS) is 12.8. The van der Waals surface area contributed by atoms with E-state index in [0.717, 1.165) is 5.56 Å². The minimum Gasteiger partial charge on any atom is -0.497 e. The molecule has 0 radical (unpaired) electrons. The molecule has 3 amide bonds. The second kappa shape index (κ2) is 15.9. The van der Waals surface area contributed by atoms with Gasteiger partial charge in [-0.15, -0.1) is 0 Å². The number of rotatable bonds is 14. The van der Waals surface area contributed by atoms with Gasteiger partial charge in [0, 0.05) is 6.20 Å². The van der Waals surface area contributed by atoms with Crippen LogP contribution in [0.15, 0.2) is 67.0 Å². The van der Waals surface area contributed by atoms with Crippen molar-refractivity contribution in [1.29, 1.82) is 0 Å². The molecule has 0 aliphatic heterocycles. The highest BCUT2D eigenvalue weighted by atomic mass is 16.6. The largest absolute Gasteiger partial charge is 0.497 e. The number of anilines is 1. The summed E-state index contributed by atoms with van der Waals surface area (Å²) in [6, 6.07) is 14.9. The molecule has 2 unspecified atom stereocenters. The highest BCUT2D eigenvalue weighted by molar-refractivity contribution is 5.99. The number of ether oxygens (including phenoxy) is 3. The molecule has 1 aromatic heterocycles. The average molecular weight is 636 g/mol. The molecule has 0 saturated carbocycles. The number of alkyl carbamates (subject to hydrolysis) is 1. The van der Waals surface area contributed by atoms with Gasteiger partial charge in [0.15, 0.2) is 6.04 Å². The zero-order valence-electron chi connectivity index (χ0n) is 27.6. The summed E-state index contributed by atoms with van der Waals surface area (Å²) < 4.78 is 17.3. The van der Waals surface area contributed by atoms with E-state index in [-0.39, 0.29) is 6.61 Å². The van der Waals surface area contributed by atoms with E-state index in [4.69, 9.17) is 14.2 Å². The van der Waals surface area contributed by atoms with E-state index in [1.165, 1.54) is 30.9 Å². The molecule has 0 aliphatic rings. The Balaban J connectivity index is 1.79. The Morgan fingerprint density at radius 2 is 1.63 bits per heavy atom. The lowest BCUT2D eigenvalue weighted by Crippen LogP contribution is -2.58. The van der Waals surface area contributed by atoms with Crippen molar-refractivity contribution >= 4 is 29.6 Å². The average Bonchev–Trinajstić information content (AvgIpc) is 3.43. The smallest absolute Gasteiger partial charge is 0.408 e. The van der Waals surface area contributed by atoms with Crippen LogP contribution < -0.4 is 20.7 Å². The fraction of sp³-hybridized carbons (Fsp3) is 0.441. The predicted octanol–water partition coefficient (Wildman–Crippen LogP) is 4.79. The Kier molecular flexibility index (Phi) is 12.3. The summed E-state index contributed by atoms with van der Waals surface area (Å²) in [6.07, 6.45) is 3.81. The summed E-state index contributed by atoms with van der Waals surface area (Å²) >= 11 is 0. The van der Waals surface area contributed by atoms with Crippen molar-refractivity contribution in [2.75, 3.05) is 19.0 Å². The summed E-state index contributed by atoms with van der Waals surface area (Å²) in [5.74, 6) is -0.925. The van der Waals surface area contributed by atoms with Gasteiger partial charge in [-0.2, -0.15) is 5.10 Å². The molecule has 0 aliphatic carbocycles. The number of nitrogens with one attached hydrogen (secondary N) is 3. The van der Waals surface area contributed by atoms with Crippen LogP contribution in [0.2, 0.25) is 0 Å². The van der Waals surface area contributed by atoms with Gasteiger partial charge in [0.05, 0.1) is 25.6 Å². The Labute approximate surface area is 270 Å². The molecule has 0 fully saturated rings. The standard InChI is InChI=1S/C34H45N5O7/c1-8-45-30(41)28(24-17-19-26(44-7)20-18-24)39-22-25(21-35-39)36-29(40)27(16-12-15-23-13-10-9-11-14-23)37-31(42)34(5,6)38-32(43)46-33(2,3)4/h9-11,13-14,17-22,27-28H,8,12,15-16H2,1-7H3,(H,36,40)(H,37,42)(H,38,43). The second-order valence-electron chi connectivity index (χ2n) is 12.3. The predicted molar refractivity (Wildman–Crippen MR) is 173 cm³/mol. The van der Waals surface area contributed by atoms with Crippen LogP contribution >= 0.6 is 0 Å². The number of esters is 1. The molecule has 3 N–H and O–H groups in total. The van der Waals surface area contributed by atoms with Crippen LogP contribution in [-0.2, 0) is 30.3 Å². The summed E-state index contributed by atoms with van der Waals surface area (Å²) in [6.45, 7) is 10.1. The van der Waals surface area contributed by atoms with Crippen LogP contribution in [0, 0.1) is 0 Å². The van der Waals surface area contributed by atoms with Gasteiger partial charge in [-0.25, -0.2) is 9.59 Å². The van der Waals surface area contributed by atoms with Crippen LogP contribution in [0.5, 0.6) is 5.75 Å². The number of hydrogen-bond donors (Lipinski definition) is 3. The van der Waals surface area contributed by atoms with Crippen LogP contribution in [0.3, 0.4) is 0 Å². The minimum atomic E-state index is -1.38. The highest BCUT2D eigenvalue weighted by Crippen LogP contribution is 2.24. The van der Waals surface area contributed by atoms with E-state index < -0.39 is 47.1 Å². The van der Waals surface area contributed by atoms with Crippen molar-refractivity contribution in [3.8, 4) is 5.75 Å². The third-order valence-corrected chi connectivity index (χ3v) is 6.88. The quantitative estimate of drug-likeness (QED) is 0.214. The summed E-state index contributed by atoms with van der Waals surface area (Å²) in [5, 5.41) is 12.5. The van der Waals surface area contributed by atoms with Crippen molar-refractivity contribution in [2.45, 2.75) is 84.0 Å². The number of nitrogens with zero attached hydrogens (tertiary/aromatic N) is 2. The Hall–Kier alpha value is -4.87. The molecule has 2 aromatic carbocycles. The Bertz CT molecular complexity index is 1460. The SMILES string of the molecule is CCOC(=O)C(c1ccc(OC)cc1)n1cc(NC(=O)C(CCCc2ccccc2)NC(=O)C(C)(C)NC(=O)OC(C)(C)C)cn1. The number of carbonyl (C=O) groups excluding carboxylic acids is 4. The molecule has 0 saturated heterocycles. The lowest BCUT2D eigenvalue weighted by atomic mass is 10.0. The van der Waals surface area contributed by atoms with Crippen molar-refractivity contribution in [3.63, 3.8) is 0 Å². The molecule has 3 rings (SSSR count). The number of aryl methyl sites for hydroxylation is 1. The lowest BCUT2D eigenvalue weighted by molar-refractivity contribution is -0.146.